The molecule has 0 amide bonds. The van der Waals surface area contributed by atoms with Gasteiger partial charge in [0.25, 0.3) is 0 Å². The predicted octanol–water partition coefficient (Wildman–Crippen LogP) is 2.65. The first kappa shape index (κ1) is 8.28. The summed E-state index contributed by atoms with van der Waals surface area (Å²) in [4.78, 5) is 11.6. The number of rotatable bonds is 1. The zero-order valence-corrected chi connectivity index (χ0v) is 8.26. The van der Waals surface area contributed by atoms with Gasteiger partial charge in [0.05, 0.1) is 0 Å². The maximum atomic E-state index is 11.6. The lowest BCUT2D eigenvalue weighted by atomic mass is 9.70. The van der Waals surface area contributed by atoms with Crippen LogP contribution in [0.1, 0.15) is 40.0 Å². The van der Waals surface area contributed by atoms with E-state index in [0.29, 0.717) is 17.6 Å². The van der Waals surface area contributed by atoms with Crippen LogP contribution in [0.3, 0.4) is 0 Å². The molecule has 0 aromatic heterocycles. The molecule has 2 bridgehead atoms. The Bertz CT molecular complexity index is 221. The molecule has 4 unspecified atom stereocenters. The van der Waals surface area contributed by atoms with Crippen LogP contribution in [0.2, 0.25) is 0 Å². The van der Waals surface area contributed by atoms with Crippen molar-refractivity contribution >= 4 is 5.78 Å². The highest BCUT2D eigenvalue weighted by atomic mass is 16.1. The van der Waals surface area contributed by atoms with Crippen molar-refractivity contribution in [2.45, 2.75) is 40.0 Å². The second kappa shape index (κ2) is 2.34. The molecule has 2 fully saturated rings. The lowest BCUT2D eigenvalue weighted by molar-refractivity contribution is -0.130. The van der Waals surface area contributed by atoms with E-state index in [1.165, 1.54) is 12.8 Å². The van der Waals surface area contributed by atoms with Crippen LogP contribution in [-0.2, 0) is 4.79 Å². The Morgan fingerprint density at radius 1 is 1.42 bits per heavy atom. The first-order valence-electron chi connectivity index (χ1n) is 5.10. The summed E-state index contributed by atoms with van der Waals surface area (Å²) in [6, 6.07) is 0. The van der Waals surface area contributed by atoms with E-state index in [9.17, 15) is 4.79 Å². The maximum Gasteiger partial charge on any atom is 0.136 e. The summed E-state index contributed by atoms with van der Waals surface area (Å²) < 4.78 is 0. The van der Waals surface area contributed by atoms with Gasteiger partial charge in [-0.2, -0.15) is 0 Å². The molecular weight excluding hydrogens is 148 g/mol. The molecule has 0 N–H and O–H groups in total. The van der Waals surface area contributed by atoms with E-state index in [2.05, 4.69) is 13.8 Å². The smallest absolute Gasteiger partial charge is 0.136 e. The van der Waals surface area contributed by atoms with Crippen molar-refractivity contribution in [3.8, 4) is 0 Å². The van der Waals surface area contributed by atoms with Crippen molar-refractivity contribution in [1.29, 1.82) is 0 Å². The fourth-order valence-corrected chi connectivity index (χ4v) is 3.85. The predicted molar refractivity (Wildman–Crippen MR) is 48.8 cm³/mol. The number of carbonyl (C=O) groups excluding carboxylic acids is 1. The standard InChI is InChI=1S/C11H18O/c1-7-6-10-4-5-11(7,8(10)2)9(3)12/h7-8,10H,4-6H2,1-3H3. The highest BCUT2D eigenvalue weighted by Gasteiger charge is 2.57. The minimum Gasteiger partial charge on any atom is -0.299 e. The van der Waals surface area contributed by atoms with E-state index in [1.54, 1.807) is 6.92 Å². The van der Waals surface area contributed by atoms with Gasteiger partial charge in [-0.15, -0.1) is 0 Å². The van der Waals surface area contributed by atoms with Crippen LogP contribution in [-0.4, -0.2) is 5.78 Å². The summed E-state index contributed by atoms with van der Waals surface area (Å²) in [5.41, 5.74) is 0.0880. The second-order valence-corrected chi connectivity index (χ2v) is 4.82. The molecule has 68 valence electrons. The molecule has 12 heavy (non-hydrogen) atoms. The second-order valence-electron chi connectivity index (χ2n) is 4.82. The molecular formula is C11H18O. The normalized spacial score (nSPS) is 51.4. The Balaban J connectivity index is 2.38. The molecule has 0 aliphatic heterocycles. The third-order valence-corrected chi connectivity index (χ3v) is 4.64. The first-order chi connectivity index (χ1) is 5.59. The van der Waals surface area contributed by atoms with Gasteiger partial charge in [0.1, 0.15) is 5.78 Å². The zero-order chi connectivity index (χ0) is 8.93. The molecule has 0 heterocycles. The number of hydrogen-bond acceptors (Lipinski definition) is 1. The number of fused-ring (bicyclic) bond motifs is 2. The zero-order valence-electron chi connectivity index (χ0n) is 8.26. The third-order valence-electron chi connectivity index (χ3n) is 4.64. The van der Waals surface area contributed by atoms with Gasteiger partial charge in [-0.25, -0.2) is 0 Å². The molecule has 2 aliphatic carbocycles. The Labute approximate surface area is 74.5 Å². The molecule has 2 rings (SSSR count). The van der Waals surface area contributed by atoms with Crippen LogP contribution in [0.4, 0.5) is 0 Å². The molecule has 4 atom stereocenters. The Hall–Kier alpha value is -0.330. The summed E-state index contributed by atoms with van der Waals surface area (Å²) in [6.45, 7) is 6.33. The molecule has 0 spiro atoms. The summed E-state index contributed by atoms with van der Waals surface area (Å²) in [7, 11) is 0. The van der Waals surface area contributed by atoms with E-state index >= 15 is 0 Å². The fraction of sp³-hybridized carbons (Fsp3) is 0.909. The van der Waals surface area contributed by atoms with Crippen molar-refractivity contribution in [3.05, 3.63) is 0 Å². The van der Waals surface area contributed by atoms with Crippen molar-refractivity contribution < 1.29 is 4.79 Å². The first-order valence-corrected chi connectivity index (χ1v) is 5.10. The lowest BCUT2D eigenvalue weighted by Gasteiger charge is -2.32. The largest absolute Gasteiger partial charge is 0.299 e. The summed E-state index contributed by atoms with van der Waals surface area (Å²) in [5, 5.41) is 0. The molecule has 0 saturated heterocycles. The average molecular weight is 166 g/mol. The number of ketones is 1. The van der Waals surface area contributed by atoms with Crippen LogP contribution in [0.15, 0.2) is 0 Å². The molecule has 0 radical (unpaired) electrons. The van der Waals surface area contributed by atoms with Gasteiger partial charge in [0.15, 0.2) is 0 Å². The SMILES string of the molecule is CC(=O)C12CCC(CC1C)C2C. The Morgan fingerprint density at radius 3 is 2.33 bits per heavy atom. The quantitative estimate of drug-likeness (QED) is 0.585. The van der Waals surface area contributed by atoms with Crippen LogP contribution in [0, 0.1) is 23.2 Å². The van der Waals surface area contributed by atoms with Gasteiger partial charge < -0.3 is 0 Å². The van der Waals surface area contributed by atoms with Crippen molar-refractivity contribution in [3.63, 3.8) is 0 Å². The molecule has 1 nitrogen and oxygen atoms in total. The summed E-state index contributed by atoms with van der Waals surface area (Å²) in [5.74, 6) is 2.60. The van der Waals surface area contributed by atoms with Crippen LogP contribution < -0.4 is 0 Å². The van der Waals surface area contributed by atoms with Crippen LogP contribution in [0.25, 0.3) is 0 Å². The molecule has 0 aromatic rings. The minimum atomic E-state index is 0.0880. The average Bonchev–Trinajstić information content (AvgIpc) is 2.42. The van der Waals surface area contributed by atoms with E-state index in [4.69, 9.17) is 0 Å². The Morgan fingerprint density at radius 2 is 2.08 bits per heavy atom. The molecule has 2 aliphatic rings. The van der Waals surface area contributed by atoms with Gasteiger partial charge >= 0.3 is 0 Å². The van der Waals surface area contributed by atoms with E-state index in [0.717, 1.165) is 12.3 Å². The topological polar surface area (TPSA) is 17.1 Å². The maximum absolute atomic E-state index is 11.6. The van der Waals surface area contributed by atoms with Gasteiger partial charge in [-0.1, -0.05) is 13.8 Å². The Kier molecular flexibility index (Phi) is 1.61. The fourth-order valence-electron chi connectivity index (χ4n) is 3.85. The van der Waals surface area contributed by atoms with Gasteiger partial charge in [0.2, 0.25) is 0 Å². The molecule has 0 aromatic carbocycles. The van der Waals surface area contributed by atoms with E-state index in [-0.39, 0.29) is 5.41 Å². The third kappa shape index (κ3) is 0.725. The van der Waals surface area contributed by atoms with Gasteiger partial charge in [-0.05, 0) is 43.9 Å². The number of hydrogen-bond donors (Lipinski definition) is 0. The van der Waals surface area contributed by atoms with E-state index < -0.39 is 0 Å². The number of carbonyl (C=O) groups is 1. The molecule has 1 heteroatoms. The lowest BCUT2D eigenvalue weighted by Crippen LogP contribution is -2.34. The van der Waals surface area contributed by atoms with Gasteiger partial charge in [0, 0.05) is 5.41 Å². The van der Waals surface area contributed by atoms with Crippen LogP contribution >= 0.6 is 0 Å². The van der Waals surface area contributed by atoms with Crippen molar-refractivity contribution in [2.75, 3.05) is 0 Å². The van der Waals surface area contributed by atoms with E-state index in [1.807, 2.05) is 0 Å². The highest BCUT2D eigenvalue weighted by Crippen LogP contribution is 2.61. The van der Waals surface area contributed by atoms with Crippen LogP contribution in [0.5, 0.6) is 0 Å². The van der Waals surface area contributed by atoms with Crippen molar-refractivity contribution in [2.24, 2.45) is 23.2 Å². The highest BCUT2D eigenvalue weighted by molar-refractivity contribution is 5.84. The minimum absolute atomic E-state index is 0.0880. The summed E-state index contributed by atoms with van der Waals surface area (Å²) >= 11 is 0. The molecule has 2 saturated carbocycles. The summed E-state index contributed by atoms with van der Waals surface area (Å²) in [6.07, 6.45) is 3.75. The number of Topliss-reactive ketones (excluding diaryl/α,β-unsaturated/α-hetero) is 1. The monoisotopic (exact) mass is 166 g/mol. The van der Waals surface area contributed by atoms with Crippen molar-refractivity contribution in [1.82, 2.24) is 0 Å². The van der Waals surface area contributed by atoms with Gasteiger partial charge in [-0.3, -0.25) is 4.79 Å².